The van der Waals surface area contributed by atoms with Crippen LogP contribution in [-0.2, 0) is 6.42 Å². The Morgan fingerprint density at radius 2 is 2.29 bits per heavy atom. The lowest BCUT2D eigenvalue weighted by Crippen LogP contribution is -2.42. The number of hydrogen-bond donors (Lipinski definition) is 3. The van der Waals surface area contributed by atoms with E-state index in [-0.39, 0.29) is 6.61 Å². The Labute approximate surface area is 128 Å². The van der Waals surface area contributed by atoms with Crippen LogP contribution in [0.5, 0.6) is 0 Å². The predicted molar refractivity (Wildman–Crippen MR) is 86.7 cm³/mol. The SMILES string of the molecule is CCc1cc2c(N(CCO)C3CCC3)nc(NN)nc2s1. The van der Waals surface area contributed by atoms with E-state index in [4.69, 9.17) is 5.84 Å². The molecule has 0 amide bonds. The molecule has 0 atom stereocenters. The molecule has 2 aromatic rings. The first-order chi connectivity index (χ1) is 10.3. The quantitative estimate of drug-likeness (QED) is 0.558. The van der Waals surface area contributed by atoms with Gasteiger partial charge in [-0.15, -0.1) is 11.3 Å². The Kier molecular flexibility index (Phi) is 4.23. The number of nitrogens with one attached hydrogen (secondary N) is 1. The van der Waals surface area contributed by atoms with Crippen molar-refractivity contribution in [3.8, 4) is 0 Å². The standard InChI is InChI=1S/C14H21N5OS/c1-2-10-8-11-12(16-14(18-15)17-13(11)21-10)19(6-7-20)9-4-3-5-9/h8-9,20H,2-7,15H2,1H3,(H,16,17,18). The zero-order valence-electron chi connectivity index (χ0n) is 12.2. The number of hydrogen-bond acceptors (Lipinski definition) is 7. The fourth-order valence-electron chi connectivity index (χ4n) is 2.68. The zero-order chi connectivity index (χ0) is 14.8. The average molecular weight is 307 g/mol. The molecule has 2 aromatic heterocycles. The van der Waals surface area contributed by atoms with Gasteiger partial charge in [-0.1, -0.05) is 6.92 Å². The minimum atomic E-state index is 0.123. The molecule has 1 saturated carbocycles. The van der Waals surface area contributed by atoms with Gasteiger partial charge in [0.05, 0.1) is 12.0 Å². The first-order valence-corrected chi connectivity index (χ1v) is 8.23. The summed E-state index contributed by atoms with van der Waals surface area (Å²) in [5, 5.41) is 10.5. The van der Waals surface area contributed by atoms with Gasteiger partial charge in [-0.25, -0.2) is 10.8 Å². The third kappa shape index (κ3) is 2.68. The van der Waals surface area contributed by atoms with Gasteiger partial charge in [-0.2, -0.15) is 4.98 Å². The van der Waals surface area contributed by atoms with Crippen LogP contribution in [0.1, 0.15) is 31.1 Å². The number of aryl methyl sites for hydroxylation is 1. The van der Waals surface area contributed by atoms with Crippen LogP contribution in [0.25, 0.3) is 10.2 Å². The molecular formula is C14H21N5OS. The number of fused-ring (bicyclic) bond motifs is 1. The van der Waals surface area contributed by atoms with Gasteiger partial charge in [-0.05, 0) is 31.7 Å². The lowest BCUT2D eigenvalue weighted by atomic mass is 9.91. The molecule has 1 aliphatic carbocycles. The van der Waals surface area contributed by atoms with Crippen molar-refractivity contribution in [2.24, 2.45) is 5.84 Å². The van der Waals surface area contributed by atoms with Crippen LogP contribution in [0, 0.1) is 0 Å². The molecule has 0 aliphatic heterocycles. The van der Waals surface area contributed by atoms with Crippen LogP contribution in [0.15, 0.2) is 6.07 Å². The van der Waals surface area contributed by atoms with Gasteiger partial charge in [-0.3, -0.25) is 5.43 Å². The molecule has 1 aliphatic rings. The van der Waals surface area contributed by atoms with Crippen LogP contribution in [0.3, 0.4) is 0 Å². The number of aliphatic hydroxyl groups excluding tert-OH is 1. The maximum Gasteiger partial charge on any atom is 0.240 e. The first kappa shape index (κ1) is 14.5. The Morgan fingerprint density at radius 3 is 2.86 bits per heavy atom. The highest BCUT2D eigenvalue weighted by atomic mass is 32.1. The predicted octanol–water partition coefficient (Wildman–Crippen LogP) is 1.89. The van der Waals surface area contributed by atoms with Gasteiger partial charge in [0.15, 0.2) is 0 Å². The average Bonchev–Trinajstić information content (AvgIpc) is 2.86. The van der Waals surface area contributed by atoms with Gasteiger partial charge in [0.2, 0.25) is 5.95 Å². The molecule has 4 N–H and O–H groups in total. The lowest BCUT2D eigenvalue weighted by Gasteiger charge is -2.38. The molecule has 1 fully saturated rings. The van der Waals surface area contributed by atoms with Gasteiger partial charge in [0.25, 0.3) is 0 Å². The van der Waals surface area contributed by atoms with E-state index >= 15 is 0 Å². The highest BCUT2D eigenvalue weighted by molar-refractivity contribution is 7.18. The second kappa shape index (κ2) is 6.13. The van der Waals surface area contributed by atoms with Crippen molar-refractivity contribution in [3.63, 3.8) is 0 Å². The molecule has 114 valence electrons. The van der Waals surface area contributed by atoms with Crippen molar-refractivity contribution >= 4 is 33.3 Å². The van der Waals surface area contributed by atoms with Gasteiger partial charge >= 0.3 is 0 Å². The van der Waals surface area contributed by atoms with E-state index in [0.717, 1.165) is 35.3 Å². The van der Waals surface area contributed by atoms with Crippen LogP contribution in [-0.4, -0.2) is 34.3 Å². The number of nitrogens with two attached hydrogens (primary N) is 1. The zero-order valence-corrected chi connectivity index (χ0v) is 13.0. The molecule has 7 heteroatoms. The fourth-order valence-corrected chi connectivity index (χ4v) is 3.64. The maximum atomic E-state index is 9.39. The number of nitrogen functional groups attached to an aromatic ring is 1. The third-order valence-electron chi connectivity index (χ3n) is 4.03. The second-order valence-corrected chi connectivity index (χ2v) is 6.42. The third-order valence-corrected chi connectivity index (χ3v) is 5.20. The van der Waals surface area contributed by atoms with E-state index < -0.39 is 0 Å². The number of thiophene rings is 1. The normalized spacial score (nSPS) is 15.2. The van der Waals surface area contributed by atoms with Gasteiger partial charge in [0.1, 0.15) is 10.6 Å². The van der Waals surface area contributed by atoms with Crippen molar-refractivity contribution < 1.29 is 5.11 Å². The lowest BCUT2D eigenvalue weighted by molar-refractivity contribution is 0.283. The topological polar surface area (TPSA) is 87.3 Å². The molecule has 0 bridgehead atoms. The van der Waals surface area contributed by atoms with Crippen molar-refractivity contribution in [1.82, 2.24) is 9.97 Å². The minimum absolute atomic E-state index is 0.123. The maximum absolute atomic E-state index is 9.39. The summed E-state index contributed by atoms with van der Waals surface area (Å²) in [7, 11) is 0. The monoisotopic (exact) mass is 307 g/mol. The molecule has 0 saturated heterocycles. The van der Waals surface area contributed by atoms with E-state index in [1.165, 1.54) is 11.3 Å². The van der Waals surface area contributed by atoms with E-state index in [1.54, 1.807) is 11.3 Å². The molecule has 2 heterocycles. The van der Waals surface area contributed by atoms with Crippen LogP contribution < -0.4 is 16.2 Å². The Balaban J connectivity index is 2.10. The second-order valence-electron chi connectivity index (χ2n) is 5.30. The Morgan fingerprint density at radius 1 is 1.48 bits per heavy atom. The van der Waals surface area contributed by atoms with Crippen molar-refractivity contribution in [2.75, 3.05) is 23.5 Å². The summed E-state index contributed by atoms with van der Waals surface area (Å²) in [5.74, 6) is 6.83. The smallest absolute Gasteiger partial charge is 0.240 e. The summed E-state index contributed by atoms with van der Waals surface area (Å²) < 4.78 is 0. The van der Waals surface area contributed by atoms with Gasteiger partial charge < -0.3 is 10.0 Å². The molecule has 0 spiro atoms. The number of aliphatic hydroxyl groups is 1. The van der Waals surface area contributed by atoms with Crippen LogP contribution in [0.2, 0.25) is 0 Å². The minimum Gasteiger partial charge on any atom is -0.395 e. The van der Waals surface area contributed by atoms with Crippen molar-refractivity contribution in [2.45, 2.75) is 38.6 Å². The van der Waals surface area contributed by atoms with E-state index in [2.05, 4.69) is 33.3 Å². The van der Waals surface area contributed by atoms with Crippen LogP contribution in [0.4, 0.5) is 11.8 Å². The van der Waals surface area contributed by atoms with Crippen molar-refractivity contribution in [1.29, 1.82) is 0 Å². The fraction of sp³-hybridized carbons (Fsp3) is 0.571. The largest absolute Gasteiger partial charge is 0.395 e. The molecule has 0 aromatic carbocycles. The summed E-state index contributed by atoms with van der Waals surface area (Å²) in [6.07, 6.45) is 4.53. The van der Waals surface area contributed by atoms with E-state index in [9.17, 15) is 5.11 Å². The highest BCUT2D eigenvalue weighted by Gasteiger charge is 2.28. The summed E-state index contributed by atoms with van der Waals surface area (Å²) in [4.78, 5) is 13.5. The van der Waals surface area contributed by atoms with E-state index in [1.807, 2.05) is 0 Å². The van der Waals surface area contributed by atoms with E-state index in [0.29, 0.717) is 18.5 Å². The molecule has 0 radical (unpaired) electrons. The number of aromatic nitrogens is 2. The van der Waals surface area contributed by atoms with Crippen LogP contribution >= 0.6 is 11.3 Å². The molecule has 0 unspecified atom stereocenters. The number of hydrazine groups is 1. The number of rotatable bonds is 6. The van der Waals surface area contributed by atoms with Gasteiger partial charge in [0, 0.05) is 17.5 Å². The first-order valence-electron chi connectivity index (χ1n) is 7.41. The summed E-state index contributed by atoms with van der Waals surface area (Å²) >= 11 is 1.68. The Bertz CT molecular complexity index is 625. The number of nitrogens with zero attached hydrogens (tertiary/aromatic N) is 3. The summed E-state index contributed by atoms with van der Waals surface area (Å²) in [6, 6.07) is 2.63. The molecule has 21 heavy (non-hydrogen) atoms. The highest BCUT2D eigenvalue weighted by Crippen LogP contribution is 2.36. The summed E-state index contributed by atoms with van der Waals surface area (Å²) in [6.45, 7) is 2.85. The molecule has 3 rings (SSSR count). The number of anilines is 2. The molecule has 6 nitrogen and oxygen atoms in total. The Hall–Kier alpha value is -1.44. The van der Waals surface area contributed by atoms with Crippen molar-refractivity contribution in [3.05, 3.63) is 10.9 Å². The molecular weight excluding hydrogens is 286 g/mol. The summed E-state index contributed by atoms with van der Waals surface area (Å²) in [5.41, 5.74) is 2.55.